The summed E-state index contributed by atoms with van der Waals surface area (Å²) in [6.45, 7) is 5.04. The number of hydrogen-bond acceptors (Lipinski definition) is 3. The van der Waals surface area contributed by atoms with Crippen molar-refractivity contribution in [3.05, 3.63) is 58.9 Å². The summed E-state index contributed by atoms with van der Waals surface area (Å²) < 4.78 is 6.97. The van der Waals surface area contributed by atoms with Gasteiger partial charge >= 0.3 is 0 Å². The topological polar surface area (TPSA) is 63.5 Å². The number of ether oxygens (including phenoxy) is 1. The summed E-state index contributed by atoms with van der Waals surface area (Å²) in [6.07, 6.45) is -0.697. The highest BCUT2D eigenvalue weighted by molar-refractivity contribution is 5.95. The van der Waals surface area contributed by atoms with Gasteiger partial charge in [-0.15, -0.1) is 0 Å². The Morgan fingerprint density at radius 3 is 2.65 bits per heavy atom. The molecule has 5 nitrogen and oxygen atoms in total. The predicted molar refractivity (Wildman–Crippen MR) is 89.7 cm³/mol. The molecule has 1 aromatic carbocycles. The van der Waals surface area contributed by atoms with Gasteiger partial charge in [0, 0.05) is 31.6 Å². The zero-order valence-electron chi connectivity index (χ0n) is 13.9. The van der Waals surface area contributed by atoms with Crippen molar-refractivity contribution < 1.29 is 14.6 Å². The van der Waals surface area contributed by atoms with Crippen LogP contribution in [0.15, 0.2) is 36.4 Å². The van der Waals surface area contributed by atoms with E-state index in [4.69, 9.17) is 4.74 Å². The van der Waals surface area contributed by atoms with Crippen molar-refractivity contribution in [2.75, 3.05) is 20.3 Å². The first-order chi connectivity index (χ1) is 11.0. The number of aryl methyl sites for hydroxylation is 1. The fourth-order valence-corrected chi connectivity index (χ4v) is 2.60. The molecular formula is C18H24N2O3. The van der Waals surface area contributed by atoms with E-state index >= 15 is 0 Å². The maximum atomic E-state index is 12.3. The van der Waals surface area contributed by atoms with E-state index in [-0.39, 0.29) is 19.1 Å². The van der Waals surface area contributed by atoms with Crippen molar-refractivity contribution >= 4 is 5.91 Å². The average Bonchev–Trinajstić information content (AvgIpc) is 2.82. The third-order valence-corrected chi connectivity index (χ3v) is 3.86. The zero-order chi connectivity index (χ0) is 16.8. The SMILES string of the molecule is COCC(O)CNC(=O)c1cc(C)n(Cc2ccccc2)c1C. The highest BCUT2D eigenvalue weighted by atomic mass is 16.5. The molecule has 2 N–H and O–H groups in total. The minimum atomic E-state index is -0.697. The lowest BCUT2D eigenvalue weighted by atomic mass is 10.2. The van der Waals surface area contributed by atoms with Gasteiger partial charge in [-0.1, -0.05) is 30.3 Å². The molecule has 1 amide bonds. The van der Waals surface area contributed by atoms with Crippen molar-refractivity contribution in [2.24, 2.45) is 0 Å². The van der Waals surface area contributed by atoms with Gasteiger partial charge in [-0.3, -0.25) is 4.79 Å². The van der Waals surface area contributed by atoms with Crippen LogP contribution in [0, 0.1) is 13.8 Å². The molecular weight excluding hydrogens is 292 g/mol. The number of methoxy groups -OCH3 is 1. The van der Waals surface area contributed by atoms with Crippen molar-refractivity contribution in [3.8, 4) is 0 Å². The van der Waals surface area contributed by atoms with E-state index in [0.29, 0.717) is 5.56 Å². The molecule has 2 aromatic rings. The molecule has 0 aliphatic rings. The smallest absolute Gasteiger partial charge is 0.253 e. The summed E-state index contributed by atoms with van der Waals surface area (Å²) in [4.78, 5) is 12.3. The molecule has 0 radical (unpaired) electrons. The number of carbonyl (C=O) groups is 1. The second-order valence-corrected chi connectivity index (χ2v) is 5.68. The highest BCUT2D eigenvalue weighted by Crippen LogP contribution is 2.17. The van der Waals surface area contributed by atoms with Crippen LogP contribution in [-0.2, 0) is 11.3 Å². The second kappa shape index (κ2) is 7.94. The minimum Gasteiger partial charge on any atom is -0.389 e. The van der Waals surface area contributed by atoms with Gasteiger partial charge < -0.3 is 19.7 Å². The molecule has 5 heteroatoms. The monoisotopic (exact) mass is 316 g/mol. The van der Waals surface area contributed by atoms with Gasteiger partial charge in [-0.2, -0.15) is 0 Å². The van der Waals surface area contributed by atoms with Crippen LogP contribution in [0.25, 0.3) is 0 Å². The third-order valence-electron chi connectivity index (χ3n) is 3.86. The van der Waals surface area contributed by atoms with Gasteiger partial charge in [-0.05, 0) is 25.5 Å². The van der Waals surface area contributed by atoms with Crippen LogP contribution in [0.1, 0.15) is 27.3 Å². The Balaban J connectivity index is 2.09. The molecule has 0 spiro atoms. The van der Waals surface area contributed by atoms with Crippen LogP contribution in [0.5, 0.6) is 0 Å². The van der Waals surface area contributed by atoms with Gasteiger partial charge in [0.15, 0.2) is 0 Å². The first kappa shape index (κ1) is 17.2. The van der Waals surface area contributed by atoms with Crippen LogP contribution in [-0.4, -0.2) is 41.9 Å². The zero-order valence-corrected chi connectivity index (χ0v) is 13.9. The Bertz CT molecular complexity index is 650. The molecule has 124 valence electrons. The maximum absolute atomic E-state index is 12.3. The van der Waals surface area contributed by atoms with E-state index in [1.54, 1.807) is 0 Å². The molecule has 1 aromatic heterocycles. The van der Waals surface area contributed by atoms with Gasteiger partial charge in [0.2, 0.25) is 0 Å². The van der Waals surface area contributed by atoms with Gasteiger partial charge in [0.05, 0.1) is 18.3 Å². The number of aliphatic hydroxyl groups excluding tert-OH is 1. The van der Waals surface area contributed by atoms with Crippen molar-refractivity contribution in [1.82, 2.24) is 9.88 Å². The molecule has 0 aliphatic carbocycles. The summed E-state index contributed by atoms with van der Waals surface area (Å²) in [7, 11) is 1.52. The number of rotatable bonds is 7. The van der Waals surface area contributed by atoms with E-state index in [0.717, 1.165) is 17.9 Å². The van der Waals surface area contributed by atoms with Crippen molar-refractivity contribution in [3.63, 3.8) is 0 Å². The Labute approximate surface area is 136 Å². The standard InChI is InChI=1S/C18H24N2O3/c1-13-9-17(18(22)19-10-16(21)12-23-3)14(2)20(13)11-15-7-5-4-6-8-15/h4-9,16,21H,10-12H2,1-3H3,(H,19,22). The van der Waals surface area contributed by atoms with Crippen molar-refractivity contribution in [2.45, 2.75) is 26.5 Å². The Kier molecular flexibility index (Phi) is 5.96. The van der Waals surface area contributed by atoms with Crippen LogP contribution in [0.4, 0.5) is 0 Å². The average molecular weight is 316 g/mol. The number of hydrogen-bond donors (Lipinski definition) is 2. The van der Waals surface area contributed by atoms with E-state index in [2.05, 4.69) is 22.0 Å². The molecule has 2 rings (SSSR count). The van der Waals surface area contributed by atoms with Crippen LogP contribution in [0.3, 0.4) is 0 Å². The third kappa shape index (κ3) is 4.43. The predicted octanol–water partition coefficient (Wildman–Crippen LogP) is 1.89. The highest BCUT2D eigenvalue weighted by Gasteiger charge is 2.16. The summed E-state index contributed by atoms with van der Waals surface area (Å²) >= 11 is 0. The minimum absolute atomic E-state index is 0.174. The molecule has 0 saturated heterocycles. The molecule has 0 saturated carbocycles. The molecule has 1 atom stereocenters. The van der Waals surface area contributed by atoms with E-state index in [1.807, 2.05) is 38.1 Å². The molecule has 0 aliphatic heterocycles. The number of carbonyl (C=O) groups excluding carboxylic acids is 1. The maximum Gasteiger partial charge on any atom is 0.253 e. The van der Waals surface area contributed by atoms with E-state index < -0.39 is 6.10 Å². The second-order valence-electron chi connectivity index (χ2n) is 5.68. The molecule has 1 heterocycles. The first-order valence-corrected chi connectivity index (χ1v) is 7.68. The molecule has 0 bridgehead atoms. The van der Waals surface area contributed by atoms with Crippen molar-refractivity contribution in [1.29, 1.82) is 0 Å². The van der Waals surface area contributed by atoms with Crippen LogP contribution >= 0.6 is 0 Å². The number of amides is 1. The molecule has 0 fully saturated rings. The number of benzene rings is 1. The number of nitrogens with one attached hydrogen (secondary N) is 1. The lowest BCUT2D eigenvalue weighted by Crippen LogP contribution is -2.34. The lowest BCUT2D eigenvalue weighted by molar-refractivity contribution is 0.0609. The van der Waals surface area contributed by atoms with Gasteiger partial charge in [0.25, 0.3) is 5.91 Å². The van der Waals surface area contributed by atoms with Gasteiger partial charge in [-0.25, -0.2) is 0 Å². The van der Waals surface area contributed by atoms with Gasteiger partial charge in [0.1, 0.15) is 0 Å². The Hall–Kier alpha value is -2.11. The number of nitrogens with zero attached hydrogens (tertiary/aromatic N) is 1. The normalized spacial score (nSPS) is 12.2. The number of aromatic nitrogens is 1. The Morgan fingerprint density at radius 2 is 2.00 bits per heavy atom. The molecule has 23 heavy (non-hydrogen) atoms. The first-order valence-electron chi connectivity index (χ1n) is 7.68. The molecule has 1 unspecified atom stereocenters. The quantitative estimate of drug-likeness (QED) is 0.820. The largest absolute Gasteiger partial charge is 0.389 e. The summed E-state index contributed by atoms with van der Waals surface area (Å²) in [5.41, 5.74) is 3.79. The number of aliphatic hydroxyl groups is 1. The van der Waals surface area contributed by atoms with E-state index in [9.17, 15) is 9.90 Å². The fourth-order valence-electron chi connectivity index (χ4n) is 2.60. The Morgan fingerprint density at radius 1 is 1.30 bits per heavy atom. The summed E-state index contributed by atoms with van der Waals surface area (Å²) in [6, 6.07) is 12.0. The van der Waals surface area contributed by atoms with Crippen LogP contribution < -0.4 is 5.32 Å². The fraction of sp³-hybridized carbons (Fsp3) is 0.389. The summed E-state index contributed by atoms with van der Waals surface area (Å²) in [5, 5.41) is 12.4. The van der Waals surface area contributed by atoms with E-state index in [1.165, 1.54) is 12.7 Å². The van der Waals surface area contributed by atoms with Crippen LogP contribution in [0.2, 0.25) is 0 Å². The summed E-state index contributed by atoms with van der Waals surface area (Å²) in [5.74, 6) is -0.174. The lowest BCUT2D eigenvalue weighted by Gasteiger charge is -2.12.